The van der Waals surface area contributed by atoms with Crippen LogP contribution < -0.4 is 0 Å². The molecule has 6 nitrogen and oxygen atoms in total. The average Bonchev–Trinajstić information content (AvgIpc) is 3.11. The van der Waals surface area contributed by atoms with Crippen LogP contribution in [0.3, 0.4) is 0 Å². The zero-order valence-electron chi connectivity index (χ0n) is 14.2. The van der Waals surface area contributed by atoms with Crippen molar-refractivity contribution in [1.82, 2.24) is 0 Å². The van der Waals surface area contributed by atoms with Gasteiger partial charge in [0, 0.05) is 0 Å². The van der Waals surface area contributed by atoms with Gasteiger partial charge in [0.05, 0.1) is 19.5 Å². The first-order chi connectivity index (χ1) is 11.0. The van der Waals surface area contributed by atoms with Crippen LogP contribution in [0.15, 0.2) is 27.8 Å². The molecule has 1 saturated heterocycles. The minimum absolute atomic E-state index is 0.292. The summed E-state index contributed by atoms with van der Waals surface area (Å²) in [6, 6.07) is 3.64. The van der Waals surface area contributed by atoms with Crippen molar-refractivity contribution in [3.05, 3.63) is 24.2 Å². The Hall–Kier alpha value is -1.82. The SMILES string of the molecule is CC(C)COC(=O)C1OC1C(=NCc1ccco1)OCC(C)C. The van der Waals surface area contributed by atoms with Gasteiger partial charge < -0.3 is 18.6 Å². The second-order valence-electron chi connectivity index (χ2n) is 6.44. The molecule has 0 radical (unpaired) electrons. The Morgan fingerprint density at radius 2 is 1.87 bits per heavy atom. The van der Waals surface area contributed by atoms with E-state index in [2.05, 4.69) is 4.99 Å². The summed E-state index contributed by atoms with van der Waals surface area (Å²) in [5, 5.41) is 0. The van der Waals surface area contributed by atoms with Gasteiger partial charge in [-0.25, -0.2) is 9.79 Å². The minimum atomic E-state index is -0.615. The maximum atomic E-state index is 11.9. The molecule has 6 heteroatoms. The van der Waals surface area contributed by atoms with E-state index in [0.29, 0.717) is 37.5 Å². The fraction of sp³-hybridized carbons (Fsp3) is 0.647. The van der Waals surface area contributed by atoms with Crippen molar-refractivity contribution in [2.45, 2.75) is 46.4 Å². The van der Waals surface area contributed by atoms with E-state index in [-0.39, 0.29) is 5.97 Å². The van der Waals surface area contributed by atoms with Gasteiger partial charge in [-0.15, -0.1) is 0 Å². The number of carbonyl (C=O) groups excluding carboxylic acids is 1. The van der Waals surface area contributed by atoms with Crippen molar-refractivity contribution in [2.75, 3.05) is 13.2 Å². The molecule has 2 atom stereocenters. The third-order valence-corrected chi connectivity index (χ3v) is 3.06. The second kappa shape index (κ2) is 8.15. The topological polar surface area (TPSA) is 73.6 Å². The Bertz CT molecular complexity index is 521. The van der Waals surface area contributed by atoms with Gasteiger partial charge in [0.25, 0.3) is 0 Å². The van der Waals surface area contributed by atoms with E-state index in [4.69, 9.17) is 18.6 Å². The second-order valence-corrected chi connectivity index (χ2v) is 6.44. The van der Waals surface area contributed by atoms with Crippen LogP contribution in [0.1, 0.15) is 33.5 Å². The van der Waals surface area contributed by atoms with Gasteiger partial charge in [-0.3, -0.25) is 0 Å². The molecule has 0 N–H and O–H groups in total. The van der Waals surface area contributed by atoms with Crippen LogP contribution in [0.2, 0.25) is 0 Å². The maximum Gasteiger partial charge on any atom is 0.338 e. The Balaban J connectivity index is 1.92. The lowest BCUT2D eigenvalue weighted by Gasteiger charge is -2.10. The van der Waals surface area contributed by atoms with Gasteiger partial charge in [-0.2, -0.15) is 0 Å². The molecule has 128 valence electrons. The number of nitrogens with zero attached hydrogens (tertiary/aromatic N) is 1. The normalized spacial score (nSPS) is 20.9. The molecule has 2 rings (SSSR count). The Morgan fingerprint density at radius 3 is 2.48 bits per heavy atom. The lowest BCUT2D eigenvalue weighted by Crippen LogP contribution is -2.23. The number of rotatable bonds is 8. The molecular formula is C17H25NO5. The molecule has 0 bridgehead atoms. The molecule has 1 aromatic rings. The zero-order chi connectivity index (χ0) is 16.8. The summed E-state index contributed by atoms with van der Waals surface area (Å²) in [6.45, 7) is 9.33. The molecule has 1 aromatic heterocycles. The summed E-state index contributed by atoms with van der Waals surface area (Å²) in [4.78, 5) is 16.3. The van der Waals surface area contributed by atoms with Crippen molar-refractivity contribution in [1.29, 1.82) is 0 Å². The van der Waals surface area contributed by atoms with Crippen LogP contribution >= 0.6 is 0 Å². The highest BCUT2D eigenvalue weighted by Gasteiger charge is 2.51. The first kappa shape index (κ1) is 17.5. The van der Waals surface area contributed by atoms with Crippen molar-refractivity contribution in [3.63, 3.8) is 0 Å². The van der Waals surface area contributed by atoms with Crippen molar-refractivity contribution in [2.24, 2.45) is 16.8 Å². The molecule has 1 aliphatic heterocycles. The standard InChI is InChI=1S/C17H25NO5/c1-11(2)9-21-16(18-8-13-6-5-7-20-13)14-15(23-14)17(19)22-10-12(3)4/h5-7,11-12,14-15H,8-10H2,1-4H3. The van der Waals surface area contributed by atoms with Crippen molar-refractivity contribution >= 4 is 11.9 Å². The number of esters is 1. The number of aliphatic imine (C=N–C) groups is 1. The van der Waals surface area contributed by atoms with E-state index >= 15 is 0 Å². The monoisotopic (exact) mass is 323 g/mol. The third kappa shape index (κ3) is 5.71. The number of carbonyl (C=O) groups is 1. The van der Waals surface area contributed by atoms with Crippen molar-refractivity contribution in [3.8, 4) is 0 Å². The van der Waals surface area contributed by atoms with Gasteiger partial charge in [0.1, 0.15) is 12.3 Å². The maximum absolute atomic E-state index is 11.9. The Labute approximate surface area is 136 Å². The molecule has 0 aromatic carbocycles. The fourth-order valence-corrected chi connectivity index (χ4v) is 1.84. The molecule has 23 heavy (non-hydrogen) atoms. The molecular weight excluding hydrogens is 298 g/mol. The van der Waals surface area contributed by atoms with Gasteiger partial charge >= 0.3 is 5.97 Å². The third-order valence-electron chi connectivity index (χ3n) is 3.06. The average molecular weight is 323 g/mol. The number of ether oxygens (including phenoxy) is 3. The van der Waals surface area contributed by atoms with Crippen LogP contribution in [-0.2, 0) is 25.5 Å². The highest BCUT2D eigenvalue weighted by molar-refractivity contribution is 5.92. The molecule has 2 heterocycles. The number of furan rings is 1. The van der Waals surface area contributed by atoms with Gasteiger partial charge in [-0.05, 0) is 24.0 Å². The first-order valence-electron chi connectivity index (χ1n) is 7.99. The predicted octanol–water partition coefficient (Wildman–Crippen LogP) is 2.82. The lowest BCUT2D eigenvalue weighted by atomic mass is 10.2. The van der Waals surface area contributed by atoms with E-state index in [0.717, 1.165) is 5.76 Å². The summed E-state index contributed by atoms with van der Waals surface area (Å²) in [7, 11) is 0. The first-order valence-corrected chi connectivity index (χ1v) is 7.99. The summed E-state index contributed by atoms with van der Waals surface area (Å²) in [5.74, 6) is 1.45. The number of hydrogen-bond donors (Lipinski definition) is 0. The molecule has 0 spiro atoms. The molecule has 1 fully saturated rings. The van der Waals surface area contributed by atoms with Gasteiger partial charge in [0.2, 0.25) is 5.90 Å². The van der Waals surface area contributed by atoms with Crippen LogP contribution in [0.5, 0.6) is 0 Å². The quantitative estimate of drug-likeness (QED) is 0.318. The van der Waals surface area contributed by atoms with E-state index in [1.54, 1.807) is 12.3 Å². The summed E-state index contributed by atoms with van der Waals surface area (Å²) in [5.41, 5.74) is 0. The lowest BCUT2D eigenvalue weighted by molar-refractivity contribution is -0.146. The molecule has 2 unspecified atom stereocenters. The summed E-state index contributed by atoms with van der Waals surface area (Å²) in [6.07, 6.45) is 0.527. The van der Waals surface area contributed by atoms with Crippen molar-refractivity contribution < 1.29 is 23.4 Å². The van der Waals surface area contributed by atoms with E-state index in [9.17, 15) is 4.79 Å². The summed E-state index contributed by atoms with van der Waals surface area (Å²) < 4.78 is 21.6. The molecule has 0 saturated carbocycles. The summed E-state index contributed by atoms with van der Waals surface area (Å²) >= 11 is 0. The molecule has 0 amide bonds. The molecule has 1 aliphatic rings. The Morgan fingerprint density at radius 1 is 1.17 bits per heavy atom. The van der Waals surface area contributed by atoms with E-state index in [1.807, 2.05) is 33.8 Å². The van der Waals surface area contributed by atoms with Crippen LogP contribution in [0.4, 0.5) is 0 Å². The number of hydrogen-bond acceptors (Lipinski definition) is 6. The van der Waals surface area contributed by atoms with Gasteiger partial charge in [0.15, 0.2) is 12.2 Å². The van der Waals surface area contributed by atoms with Gasteiger partial charge in [-0.1, -0.05) is 27.7 Å². The van der Waals surface area contributed by atoms with E-state index < -0.39 is 12.2 Å². The highest BCUT2D eigenvalue weighted by Crippen LogP contribution is 2.26. The van der Waals surface area contributed by atoms with Crippen LogP contribution in [0.25, 0.3) is 0 Å². The largest absolute Gasteiger partial charge is 0.479 e. The van der Waals surface area contributed by atoms with Crippen LogP contribution in [0, 0.1) is 11.8 Å². The highest BCUT2D eigenvalue weighted by atomic mass is 16.7. The minimum Gasteiger partial charge on any atom is -0.479 e. The van der Waals surface area contributed by atoms with E-state index in [1.165, 1.54) is 0 Å². The molecule has 0 aliphatic carbocycles. The zero-order valence-corrected chi connectivity index (χ0v) is 14.2. The number of epoxide rings is 1. The Kier molecular flexibility index (Phi) is 6.21. The fourth-order valence-electron chi connectivity index (χ4n) is 1.84. The van der Waals surface area contributed by atoms with Crippen LogP contribution in [-0.4, -0.2) is 37.3 Å². The smallest absolute Gasteiger partial charge is 0.338 e. The predicted molar refractivity (Wildman–Crippen MR) is 85.1 cm³/mol.